The number of rotatable bonds is 12. The van der Waals surface area contributed by atoms with Gasteiger partial charge in [-0.05, 0) is 61.5 Å². The number of carbonyl (C=O) groups excluding carboxylic acids is 1. The van der Waals surface area contributed by atoms with Gasteiger partial charge in [0.15, 0.2) is 0 Å². The molecule has 4 rings (SSSR count). The second-order valence-corrected chi connectivity index (χ2v) is 11.8. The Balaban J connectivity index is 1.66. The number of amides is 1. The third-order valence-electron chi connectivity index (χ3n) is 7.02. The predicted molar refractivity (Wildman–Crippen MR) is 160 cm³/mol. The number of carboxylic acids is 1. The van der Waals surface area contributed by atoms with Gasteiger partial charge < -0.3 is 25.3 Å². The molecule has 0 radical (unpaired) electrons. The molecule has 0 bridgehead atoms. The molecule has 0 saturated heterocycles. The maximum absolute atomic E-state index is 13.6. The van der Waals surface area contributed by atoms with Crippen LogP contribution in [0.3, 0.4) is 0 Å². The van der Waals surface area contributed by atoms with E-state index in [2.05, 4.69) is 5.32 Å². The summed E-state index contributed by atoms with van der Waals surface area (Å²) in [6, 6.07) is 18.5. The number of fused-ring (bicyclic) bond motifs is 1. The van der Waals surface area contributed by atoms with E-state index in [1.807, 2.05) is 35.2 Å². The summed E-state index contributed by atoms with van der Waals surface area (Å²) in [4.78, 5) is 34.0. The van der Waals surface area contributed by atoms with Crippen LogP contribution in [0.4, 0.5) is 11.4 Å². The fraction of sp³-hybridized carbons (Fsp3) is 0.267. The Kier molecular flexibility index (Phi) is 9.44. The van der Waals surface area contributed by atoms with Crippen LogP contribution in [0.5, 0.6) is 0 Å². The van der Waals surface area contributed by atoms with Crippen molar-refractivity contribution in [1.82, 2.24) is 9.37 Å². The molecule has 0 atom stereocenters. The maximum atomic E-state index is 13.6. The summed E-state index contributed by atoms with van der Waals surface area (Å²) in [5.74, 6) is -1.38. The quantitative estimate of drug-likeness (QED) is 0.213. The highest BCUT2D eigenvalue weighted by Gasteiger charge is 2.34. The average Bonchev–Trinajstić information content (AvgIpc) is 3.20. The van der Waals surface area contributed by atoms with Crippen molar-refractivity contribution >= 4 is 44.5 Å². The predicted octanol–water partition coefficient (Wildman–Crippen LogP) is 3.13. The number of aliphatic hydroxyl groups excluding tert-OH is 1. The molecular weight excluding hydrogens is 560 g/mol. The molecule has 3 aromatic rings. The minimum atomic E-state index is -3.94. The van der Waals surface area contributed by atoms with E-state index in [0.29, 0.717) is 46.9 Å². The fourth-order valence-corrected chi connectivity index (χ4v) is 5.59. The number of carboxylic acid groups (broad SMARTS) is 1. The first-order valence-corrected chi connectivity index (χ1v) is 14.6. The number of anilines is 2. The van der Waals surface area contributed by atoms with E-state index in [4.69, 9.17) is 9.94 Å². The van der Waals surface area contributed by atoms with Crippen molar-refractivity contribution in [3.8, 4) is 0 Å². The molecule has 11 nitrogen and oxygen atoms in total. The van der Waals surface area contributed by atoms with Crippen LogP contribution in [-0.2, 0) is 19.7 Å². The van der Waals surface area contributed by atoms with Gasteiger partial charge in [-0.3, -0.25) is 9.63 Å². The number of nitrogens with one attached hydrogen (secondary N) is 1. The lowest BCUT2D eigenvalue weighted by Gasteiger charge is -2.20. The van der Waals surface area contributed by atoms with Crippen LogP contribution in [-0.4, -0.2) is 87.3 Å². The van der Waals surface area contributed by atoms with Gasteiger partial charge in [0.1, 0.15) is 0 Å². The minimum absolute atomic E-state index is 0.00361. The Bertz CT molecular complexity index is 1610. The fourth-order valence-electron chi connectivity index (χ4n) is 4.60. The van der Waals surface area contributed by atoms with Gasteiger partial charge in [0, 0.05) is 38.4 Å². The lowest BCUT2D eigenvalue weighted by Crippen LogP contribution is -2.32. The van der Waals surface area contributed by atoms with E-state index in [1.165, 1.54) is 30.1 Å². The smallest absolute Gasteiger partial charge is 0.336 e. The minimum Gasteiger partial charge on any atom is -0.478 e. The molecule has 222 valence electrons. The van der Waals surface area contributed by atoms with Crippen molar-refractivity contribution in [2.24, 2.45) is 0 Å². The molecule has 3 N–H and O–H groups in total. The Hall–Kier alpha value is -4.07. The third-order valence-corrected chi connectivity index (χ3v) is 8.67. The van der Waals surface area contributed by atoms with Crippen molar-refractivity contribution in [2.45, 2.75) is 11.8 Å². The summed E-state index contributed by atoms with van der Waals surface area (Å²) in [6.45, 7) is 2.70. The SMILES string of the molecule is Cc1cc2c(cc1C(=O)O)N(C)C(=O)C2=C(Nc1ccc(S(=O)(=O)N(C)OCCN(C)CCO)cc1)c1ccccc1. The Labute approximate surface area is 245 Å². The first kappa shape index (κ1) is 30.9. The molecule has 0 spiro atoms. The number of hydroxylamine groups is 1. The average molecular weight is 595 g/mol. The molecule has 1 amide bonds. The van der Waals surface area contributed by atoms with E-state index in [0.717, 1.165) is 10.0 Å². The number of hydrogen-bond acceptors (Lipinski definition) is 8. The molecule has 42 heavy (non-hydrogen) atoms. The van der Waals surface area contributed by atoms with Crippen LogP contribution < -0.4 is 10.2 Å². The molecule has 0 aromatic heterocycles. The Morgan fingerprint density at radius 2 is 1.69 bits per heavy atom. The van der Waals surface area contributed by atoms with Crippen LogP contribution >= 0.6 is 0 Å². The van der Waals surface area contributed by atoms with Gasteiger partial charge in [0.2, 0.25) is 0 Å². The van der Waals surface area contributed by atoms with E-state index in [9.17, 15) is 23.1 Å². The summed E-state index contributed by atoms with van der Waals surface area (Å²) in [5, 5.41) is 21.9. The van der Waals surface area contributed by atoms with E-state index >= 15 is 0 Å². The largest absolute Gasteiger partial charge is 0.478 e. The second kappa shape index (κ2) is 12.8. The van der Waals surface area contributed by atoms with E-state index in [-0.39, 0.29) is 29.6 Å². The molecule has 0 saturated carbocycles. The number of nitrogens with zero attached hydrogens (tertiary/aromatic N) is 3. The molecule has 1 heterocycles. The highest BCUT2D eigenvalue weighted by molar-refractivity contribution is 7.89. The number of aryl methyl sites for hydroxylation is 1. The first-order valence-electron chi connectivity index (χ1n) is 13.2. The number of carbonyl (C=O) groups is 2. The van der Waals surface area contributed by atoms with E-state index in [1.54, 1.807) is 39.2 Å². The highest BCUT2D eigenvalue weighted by Crippen LogP contribution is 2.42. The van der Waals surface area contributed by atoms with Gasteiger partial charge in [-0.1, -0.05) is 34.8 Å². The van der Waals surface area contributed by atoms with Crippen LogP contribution in [0.1, 0.15) is 27.0 Å². The third kappa shape index (κ3) is 6.37. The maximum Gasteiger partial charge on any atom is 0.336 e. The normalized spacial score (nSPS) is 14.5. The molecule has 1 aliphatic heterocycles. The molecule has 0 aliphatic carbocycles. The summed E-state index contributed by atoms with van der Waals surface area (Å²) < 4.78 is 26.9. The molecule has 1 aliphatic rings. The van der Waals surface area contributed by atoms with Crippen molar-refractivity contribution < 1.29 is 33.1 Å². The van der Waals surface area contributed by atoms with Gasteiger partial charge >= 0.3 is 5.97 Å². The van der Waals surface area contributed by atoms with Crippen molar-refractivity contribution in [2.75, 3.05) is 57.7 Å². The summed E-state index contributed by atoms with van der Waals surface area (Å²) >= 11 is 0. The number of benzene rings is 3. The molecule has 0 unspecified atom stereocenters. The second-order valence-electron chi connectivity index (χ2n) is 9.89. The van der Waals surface area contributed by atoms with Gasteiger partial charge in [-0.15, -0.1) is 0 Å². The van der Waals surface area contributed by atoms with Crippen molar-refractivity contribution in [3.63, 3.8) is 0 Å². The van der Waals surface area contributed by atoms with Crippen molar-refractivity contribution in [3.05, 3.63) is 89.0 Å². The number of aliphatic hydroxyl groups is 1. The van der Waals surface area contributed by atoms with Crippen molar-refractivity contribution in [1.29, 1.82) is 0 Å². The van der Waals surface area contributed by atoms with Crippen LogP contribution in [0, 0.1) is 6.92 Å². The number of aromatic carboxylic acids is 1. The highest BCUT2D eigenvalue weighted by atomic mass is 32.2. The van der Waals surface area contributed by atoms with Crippen LogP contribution in [0.15, 0.2) is 71.6 Å². The molecule has 0 fully saturated rings. The summed E-state index contributed by atoms with van der Waals surface area (Å²) in [5.41, 5.74) is 3.85. The standard InChI is InChI=1S/C30H34N4O7S/c1-20-18-25-26(19-24(20)30(37)38)33(3)29(36)27(25)28(21-8-6-5-7-9-21)31-22-10-12-23(13-11-22)42(39,40)34(4)41-17-15-32(2)14-16-35/h5-13,18-19,31,35H,14-17H2,1-4H3,(H,37,38). The molecule has 12 heteroatoms. The zero-order valence-electron chi connectivity index (χ0n) is 23.9. The Morgan fingerprint density at radius 1 is 1.02 bits per heavy atom. The first-order chi connectivity index (χ1) is 19.9. The van der Waals surface area contributed by atoms with Crippen LogP contribution in [0.2, 0.25) is 0 Å². The lowest BCUT2D eigenvalue weighted by atomic mass is 9.96. The van der Waals surface area contributed by atoms with E-state index < -0.39 is 16.0 Å². The topological polar surface area (TPSA) is 140 Å². The molecule has 3 aromatic carbocycles. The summed E-state index contributed by atoms with van der Waals surface area (Å²) in [6.07, 6.45) is 0. The Morgan fingerprint density at radius 3 is 2.31 bits per heavy atom. The number of likely N-dealkylation sites (N-methyl/N-ethyl adjacent to an activating group) is 2. The zero-order valence-corrected chi connectivity index (χ0v) is 24.7. The zero-order chi connectivity index (χ0) is 30.6. The van der Waals surface area contributed by atoms with Gasteiger partial charge in [-0.25, -0.2) is 13.2 Å². The monoisotopic (exact) mass is 594 g/mol. The number of sulfonamides is 1. The van der Waals surface area contributed by atoms with Gasteiger partial charge in [0.25, 0.3) is 15.9 Å². The summed E-state index contributed by atoms with van der Waals surface area (Å²) in [7, 11) is 0.775. The molecular formula is C30H34N4O7S. The lowest BCUT2D eigenvalue weighted by molar-refractivity contribution is -0.112. The van der Waals surface area contributed by atoms with Gasteiger partial charge in [-0.2, -0.15) is 0 Å². The number of hydrogen-bond donors (Lipinski definition) is 3. The van der Waals surface area contributed by atoms with Crippen LogP contribution in [0.25, 0.3) is 11.3 Å². The van der Waals surface area contributed by atoms with Gasteiger partial charge in [0.05, 0.1) is 40.6 Å².